The summed E-state index contributed by atoms with van der Waals surface area (Å²) in [5, 5.41) is 0.763. The van der Waals surface area contributed by atoms with Crippen LogP contribution in [0.4, 0.5) is 5.69 Å². The summed E-state index contributed by atoms with van der Waals surface area (Å²) in [4.78, 5) is 0. The van der Waals surface area contributed by atoms with Crippen LogP contribution in [0.1, 0.15) is 16.7 Å². The number of benzene rings is 2. The van der Waals surface area contributed by atoms with Crippen molar-refractivity contribution in [1.82, 2.24) is 0 Å². The van der Waals surface area contributed by atoms with Gasteiger partial charge >= 0.3 is 0 Å². The van der Waals surface area contributed by atoms with Gasteiger partial charge in [-0.1, -0.05) is 23.7 Å². The minimum atomic E-state index is 0.763. The minimum Gasteiger partial charge on any atom is -0.398 e. The van der Waals surface area contributed by atoms with E-state index in [1.54, 1.807) is 0 Å². The molecule has 2 N–H and O–H groups in total. The van der Waals surface area contributed by atoms with Gasteiger partial charge in [-0.2, -0.15) is 0 Å². The fourth-order valence-electron chi connectivity index (χ4n) is 1.93. The van der Waals surface area contributed by atoms with Gasteiger partial charge in [0.1, 0.15) is 0 Å². The highest BCUT2D eigenvalue weighted by atomic mass is 79.9. The molecule has 0 aliphatic rings. The molecule has 0 heterocycles. The largest absolute Gasteiger partial charge is 0.398 e. The lowest BCUT2D eigenvalue weighted by Gasteiger charge is -2.14. The molecule has 1 radical (unpaired) electrons. The lowest BCUT2D eigenvalue weighted by Crippen LogP contribution is -1.95. The fourth-order valence-corrected chi connectivity index (χ4v) is 2.74. The average Bonchev–Trinajstić information content (AvgIpc) is 2.35. The van der Waals surface area contributed by atoms with E-state index in [4.69, 9.17) is 17.3 Å². The topological polar surface area (TPSA) is 26.0 Å². The van der Waals surface area contributed by atoms with Gasteiger partial charge in [-0.15, -0.1) is 0 Å². The Morgan fingerprint density at radius 2 is 1.83 bits per heavy atom. The quantitative estimate of drug-likeness (QED) is 0.728. The van der Waals surface area contributed by atoms with Crippen LogP contribution in [0.3, 0.4) is 0 Å². The molecule has 0 atom stereocenters. The third-order valence-corrected chi connectivity index (χ3v) is 4.60. The first-order valence-corrected chi connectivity index (χ1v) is 6.83. The smallest absolute Gasteiger partial charge is 0.0494 e. The van der Waals surface area contributed by atoms with Crippen LogP contribution in [0.5, 0.6) is 0 Å². The van der Waals surface area contributed by atoms with Gasteiger partial charge in [0.25, 0.3) is 0 Å². The molecule has 1 nitrogen and oxygen atoms in total. The number of nitrogen functional groups attached to an aromatic ring is 1. The summed E-state index contributed by atoms with van der Waals surface area (Å²) in [5.74, 6) is 0. The number of anilines is 1. The van der Waals surface area contributed by atoms with Crippen molar-refractivity contribution in [3.8, 4) is 11.1 Å². The maximum Gasteiger partial charge on any atom is 0.0494 e. The second-order valence-corrected chi connectivity index (χ2v) is 5.59. The number of rotatable bonds is 1. The molecule has 0 aliphatic carbocycles. The van der Waals surface area contributed by atoms with E-state index in [0.717, 1.165) is 43.0 Å². The number of aryl methyl sites for hydroxylation is 2. The molecule has 0 saturated heterocycles. The van der Waals surface area contributed by atoms with Crippen LogP contribution < -0.4 is 5.73 Å². The minimum absolute atomic E-state index is 0.763. The highest BCUT2D eigenvalue weighted by Crippen LogP contribution is 2.38. The van der Waals surface area contributed by atoms with Gasteiger partial charge in [0.2, 0.25) is 0 Å². The molecular weight excluding hydrogens is 310 g/mol. The van der Waals surface area contributed by atoms with Gasteiger partial charge in [0.15, 0.2) is 0 Å². The molecule has 18 heavy (non-hydrogen) atoms. The maximum absolute atomic E-state index is 6.28. The van der Waals surface area contributed by atoms with E-state index >= 15 is 0 Å². The molecule has 2 rings (SSSR count). The van der Waals surface area contributed by atoms with Gasteiger partial charge in [-0.05, 0) is 76.7 Å². The van der Waals surface area contributed by atoms with Crippen LogP contribution in [0.15, 0.2) is 22.7 Å². The first-order valence-electron chi connectivity index (χ1n) is 5.65. The number of hydrogen-bond acceptors (Lipinski definition) is 1. The van der Waals surface area contributed by atoms with E-state index in [-0.39, 0.29) is 0 Å². The molecule has 0 fully saturated rings. The molecule has 2 aromatic rings. The SMILES string of the molecule is Cc1[c]cc(-c2ccc(C)c(N)c2Br)c(C)c1Cl. The summed E-state index contributed by atoms with van der Waals surface area (Å²) in [6, 6.07) is 9.21. The predicted molar refractivity (Wildman–Crippen MR) is 82.0 cm³/mol. The van der Waals surface area contributed by atoms with Gasteiger partial charge < -0.3 is 5.73 Å². The Morgan fingerprint density at radius 3 is 2.50 bits per heavy atom. The molecule has 0 saturated carbocycles. The molecule has 93 valence electrons. The molecule has 2 aromatic carbocycles. The third-order valence-electron chi connectivity index (χ3n) is 3.18. The van der Waals surface area contributed by atoms with E-state index in [0.29, 0.717) is 0 Å². The van der Waals surface area contributed by atoms with Crippen LogP contribution in [0, 0.1) is 26.8 Å². The Morgan fingerprint density at radius 1 is 1.17 bits per heavy atom. The molecular formula is C15H14BrClN. The summed E-state index contributed by atoms with van der Waals surface area (Å²) in [6.45, 7) is 5.96. The maximum atomic E-state index is 6.28. The van der Waals surface area contributed by atoms with E-state index < -0.39 is 0 Å². The lowest BCUT2D eigenvalue weighted by atomic mass is 9.97. The average molecular weight is 324 g/mol. The van der Waals surface area contributed by atoms with Crippen molar-refractivity contribution in [3.05, 3.63) is 50.5 Å². The molecule has 0 unspecified atom stereocenters. The van der Waals surface area contributed by atoms with Crippen molar-refractivity contribution in [2.24, 2.45) is 0 Å². The Hall–Kier alpha value is -0.990. The second kappa shape index (κ2) is 4.94. The molecule has 0 amide bonds. The highest BCUT2D eigenvalue weighted by molar-refractivity contribution is 9.10. The molecule has 0 aromatic heterocycles. The van der Waals surface area contributed by atoms with E-state index in [9.17, 15) is 0 Å². The molecule has 3 heteroatoms. The number of halogens is 2. The Bertz CT molecular complexity index is 565. The Kier molecular flexibility index (Phi) is 3.69. The van der Waals surface area contributed by atoms with Crippen molar-refractivity contribution >= 4 is 33.2 Å². The normalized spacial score (nSPS) is 10.7. The van der Waals surface area contributed by atoms with Crippen molar-refractivity contribution in [2.45, 2.75) is 20.8 Å². The lowest BCUT2D eigenvalue weighted by molar-refractivity contribution is 1.36. The molecule has 0 bridgehead atoms. The summed E-state index contributed by atoms with van der Waals surface area (Å²) in [5.41, 5.74) is 12.0. The standard InChI is InChI=1S/C15H14BrClN/c1-8-4-6-11(10(3)14(8)17)12-7-5-9(2)15(18)13(12)16/h5-7H,18H2,1-3H3. The van der Waals surface area contributed by atoms with Gasteiger partial charge in [0, 0.05) is 15.2 Å². The Labute approximate surface area is 121 Å². The predicted octanol–water partition coefficient (Wildman–Crippen LogP) is 5.08. The van der Waals surface area contributed by atoms with Crippen LogP contribution in [-0.4, -0.2) is 0 Å². The zero-order chi connectivity index (χ0) is 13.4. The van der Waals surface area contributed by atoms with Gasteiger partial charge in [0.05, 0.1) is 0 Å². The first-order chi connectivity index (χ1) is 8.43. The Balaban J connectivity index is 2.71. The van der Waals surface area contributed by atoms with Gasteiger partial charge in [-0.25, -0.2) is 0 Å². The first kappa shape index (κ1) is 13.4. The monoisotopic (exact) mass is 322 g/mol. The van der Waals surface area contributed by atoms with Crippen molar-refractivity contribution < 1.29 is 0 Å². The zero-order valence-corrected chi connectivity index (χ0v) is 12.9. The van der Waals surface area contributed by atoms with Crippen molar-refractivity contribution in [1.29, 1.82) is 0 Å². The molecule has 0 spiro atoms. The third kappa shape index (κ3) is 2.15. The van der Waals surface area contributed by atoms with Crippen LogP contribution in [0.2, 0.25) is 5.02 Å². The van der Waals surface area contributed by atoms with E-state index in [2.05, 4.69) is 28.1 Å². The number of nitrogens with two attached hydrogens (primary N) is 1. The second-order valence-electron chi connectivity index (χ2n) is 4.42. The van der Waals surface area contributed by atoms with Crippen LogP contribution in [-0.2, 0) is 0 Å². The zero-order valence-electron chi connectivity index (χ0n) is 10.6. The fraction of sp³-hybridized carbons (Fsp3) is 0.200. The summed E-state index contributed by atoms with van der Waals surface area (Å²) < 4.78 is 0.916. The van der Waals surface area contributed by atoms with E-state index in [1.807, 2.05) is 32.9 Å². The van der Waals surface area contributed by atoms with Crippen molar-refractivity contribution in [3.63, 3.8) is 0 Å². The molecule has 0 aliphatic heterocycles. The number of hydrogen-bond donors (Lipinski definition) is 1. The van der Waals surface area contributed by atoms with Crippen LogP contribution in [0.25, 0.3) is 11.1 Å². The van der Waals surface area contributed by atoms with Crippen LogP contribution >= 0.6 is 27.5 Å². The highest BCUT2D eigenvalue weighted by Gasteiger charge is 2.12. The summed E-state index contributed by atoms with van der Waals surface area (Å²) >= 11 is 9.84. The van der Waals surface area contributed by atoms with Crippen molar-refractivity contribution in [2.75, 3.05) is 5.73 Å². The van der Waals surface area contributed by atoms with E-state index in [1.165, 1.54) is 0 Å². The summed E-state index contributed by atoms with van der Waals surface area (Å²) in [6.07, 6.45) is 0. The summed E-state index contributed by atoms with van der Waals surface area (Å²) in [7, 11) is 0. The van der Waals surface area contributed by atoms with Gasteiger partial charge in [-0.3, -0.25) is 0 Å².